The van der Waals surface area contributed by atoms with Crippen LogP contribution in [0.2, 0.25) is 0 Å². The van der Waals surface area contributed by atoms with Crippen LogP contribution in [0.25, 0.3) is 11.4 Å². The first-order valence-electron chi connectivity index (χ1n) is 9.13. The molecule has 0 atom stereocenters. The molecular formula is C21H25N5O. The number of carbonyl (C=O) groups excluding carboxylic acids is 1. The van der Waals surface area contributed by atoms with Crippen molar-refractivity contribution in [1.82, 2.24) is 25.1 Å². The average molecular weight is 363 g/mol. The minimum atomic E-state index is -0.0553. The first kappa shape index (κ1) is 18.8. The Kier molecular flexibility index (Phi) is 5.64. The van der Waals surface area contributed by atoms with E-state index >= 15 is 0 Å². The van der Waals surface area contributed by atoms with E-state index in [-0.39, 0.29) is 12.5 Å². The maximum Gasteiger partial charge on any atom is 0.246 e. The summed E-state index contributed by atoms with van der Waals surface area (Å²) in [5, 5.41) is 12.4. The highest BCUT2D eigenvalue weighted by atomic mass is 16.2. The third kappa shape index (κ3) is 4.58. The molecule has 0 aliphatic heterocycles. The lowest BCUT2D eigenvalue weighted by atomic mass is 10.1. The maximum atomic E-state index is 12.5. The Hall–Kier alpha value is -3.02. The van der Waals surface area contributed by atoms with Crippen molar-refractivity contribution in [2.45, 2.75) is 40.3 Å². The second-order valence-electron chi connectivity index (χ2n) is 6.87. The van der Waals surface area contributed by atoms with Crippen LogP contribution < -0.4 is 0 Å². The average Bonchev–Trinajstić information content (AvgIpc) is 3.12. The van der Waals surface area contributed by atoms with Crippen LogP contribution in [0.15, 0.2) is 42.5 Å². The summed E-state index contributed by atoms with van der Waals surface area (Å²) < 4.78 is 0. The maximum absolute atomic E-state index is 12.5. The Bertz CT molecular complexity index is 930. The van der Waals surface area contributed by atoms with E-state index in [0.717, 1.165) is 17.5 Å². The third-order valence-electron chi connectivity index (χ3n) is 4.68. The molecule has 27 heavy (non-hydrogen) atoms. The number of likely N-dealkylation sites (N-methyl/N-ethyl adjacent to an activating group) is 1. The van der Waals surface area contributed by atoms with Crippen LogP contribution >= 0.6 is 0 Å². The zero-order valence-electron chi connectivity index (χ0n) is 16.3. The quantitative estimate of drug-likeness (QED) is 0.675. The minimum absolute atomic E-state index is 0.0553. The molecule has 0 spiro atoms. The number of aryl methyl sites for hydroxylation is 3. The number of aromatic nitrogens is 4. The zero-order chi connectivity index (χ0) is 19.4. The molecule has 3 aromatic rings. The zero-order valence-corrected chi connectivity index (χ0v) is 16.3. The van der Waals surface area contributed by atoms with Crippen molar-refractivity contribution >= 4 is 5.91 Å². The number of hydrogen-bond acceptors (Lipinski definition) is 4. The topological polar surface area (TPSA) is 63.9 Å². The molecule has 0 radical (unpaired) electrons. The lowest BCUT2D eigenvalue weighted by molar-refractivity contribution is -0.131. The smallest absolute Gasteiger partial charge is 0.246 e. The standard InChI is InChI=1S/C21H25N5O/c1-5-17-7-10-18(11-8-17)21-22-24-26(23-21)14-20(27)25(4)13-19-9-6-15(2)12-16(19)3/h6-12H,5,13-14H2,1-4H3. The molecule has 0 saturated heterocycles. The number of amides is 1. The Morgan fingerprint density at radius 1 is 1.11 bits per heavy atom. The molecule has 6 nitrogen and oxygen atoms in total. The van der Waals surface area contributed by atoms with Crippen molar-refractivity contribution in [2.75, 3.05) is 7.05 Å². The third-order valence-corrected chi connectivity index (χ3v) is 4.68. The number of benzene rings is 2. The molecule has 1 heterocycles. The van der Waals surface area contributed by atoms with Gasteiger partial charge in [0.2, 0.25) is 11.7 Å². The fourth-order valence-electron chi connectivity index (χ4n) is 2.92. The van der Waals surface area contributed by atoms with Crippen molar-refractivity contribution in [3.05, 3.63) is 64.7 Å². The van der Waals surface area contributed by atoms with Crippen LogP contribution in [0, 0.1) is 13.8 Å². The van der Waals surface area contributed by atoms with Gasteiger partial charge in [-0.05, 0) is 42.2 Å². The summed E-state index contributed by atoms with van der Waals surface area (Å²) in [4.78, 5) is 15.6. The molecular weight excluding hydrogens is 338 g/mol. The van der Waals surface area contributed by atoms with E-state index in [2.05, 4.69) is 66.5 Å². The van der Waals surface area contributed by atoms with E-state index in [1.807, 2.05) is 12.1 Å². The highest BCUT2D eigenvalue weighted by Crippen LogP contribution is 2.15. The monoisotopic (exact) mass is 363 g/mol. The van der Waals surface area contributed by atoms with Crippen molar-refractivity contribution in [2.24, 2.45) is 0 Å². The van der Waals surface area contributed by atoms with Gasteiger partial charge >= 0.3 is 0 Å². The number of rotatable bonds is 6. The second kappa shape index (κ2) is 8.12. The van der Waals surface area contributed by atoms with Crippen LogP contribution in [0.1, 0.15) is 29.2 Å². The molecule has 0 aliphatic carbocycles. The van der Waals surface area contributed by atoms with Gasteiger partial charge in [0.05, 0.1) is 0 Å². The van der Waals surface area contributed by atoms with Crippen molar-refractivity contribution in [1.29, 1.82) is 0 Å². The number of tetrazole rings is 1. The van der Waals surface area contributed by atoms with Gasteiger partial charge in [0.25, 0.3) is 0 Å². The van der Waals surface area contributed by atoms with Gasteiger partial charge in [-0.3, -0.25) is 4.79 Å². The Labute approximate surface area is 159 Å². The van der Waals surface area contributed by atoms with Gasteiger partial charge in [-0.15, -0.1) is 10.2 Å². The van der Waals surface area contributed by atoms with Gasteiger partial charge in [-0.1, -0.05) is 55.0 Å². The fourth-order valence-corrected chi connectivity index (χ4v) is 2.92. The minimum Gasteiger partial charge on any atom is -0.340 e. The van der Waals surface area contributed by atoms with Gasteiger partial charge in [0.1, 0.15) is 6.54 Å². The van der Waals surface area contributed by atoms with Crippen molar-refractivity contribution < 1.29 is 4.79 Å². The summed E-state index contributed by atoms with van der Waals surface area (Å²) in [5.41, 5.74) is 5.70. The molecule has 6 heteroatoms. The molecule has 0 unspecified atom stereocenters. The van der Waals surface area contributed by atoms with Gasteiger partial charge in [-0.25, -0.2) is 0 Å². The normalized spacial score (nSPS) is 10.8. The molecule has 1 amide bonds. The molecule has 3 rings (SSSR count). The van der Waals surface area contributed by atoms with E-state index in [0.29, 0.717) is 12.4 Å². The molecule has 0 N–H and O–H groups in total. The second-order valence-corrected chi connectivity index (χ2v) is 6.87. The van der Waals surface area contributed by atoms with Crippen molar-refractivity contribution in [3.8, 4) is 11.4 Å². The van der Waals surface area contributed by atoms with Crippen LogP contribution in [-0.2, 0) is 24.3 Å². The number of hydrogen-bond donors (Lipinski definition) is 0. The fraction of sp³-hybridized carbons (Fsp3) is 0.333. The van der Waals surface area contributed by atoms with E-state index in [1.165, 1.54) is 21.5 Å². The van der Waals surface area contributed by atoms with Crippen LogP contribution in [0.4, 0.5) is 0 Å². The summed E-state index contributed by atoms with van der Waals surface area (Å²) in [6.45, 7) is 6.88. The van der Waals surface area contributed by atoms with E-state index in [9.17, 15) is 4.79 Å². The Balaban J connectivity index is 1.64. The highest BCUT2D eigenvalue weighted by Gasteiger charge is 2.14. The van der Waals surface area contributed by atoms with Gasteiger partial charge in [-0.2, -0.15) is 4.80 Å². The molecule has 1 aromatic heterocycles. The SMILES string of the molecule is CCc1ccc(-c2nnn(CC(=O)N(C)Cc3ccc(C)cc3C)n2)cc1. The van der Waals surface area contributed by atoms with Gasteiger partial charge in [0, 0.05) is 19.2 Å². The summed E-state index contributed by atoms with van der Waals surface area (Å²) in [5.74, 6) is 0.475. The molecule has 2 aromatic carbocycles. The number of nitrogens with zero attached hydrogens (tertiary/aromatic N) is 5. The summed E-state index contributed by atoms with van der Waals surface area (Å²) in [6, 6.07) is 14.3. The summed E-state index contributed by atoms with van der Waals surface area (Å²) in [6.07, 6.45) is 0.988. The molecule has 0 fully saturated rings. The number of carbonyl (C=O) groups is 1. The first-order valence-corrected chi connectivity index (χ1v) is 9.13. The molecule has 0 aliphatic rings. The highest BCUT2D eigenvalue weighted by molar-refractivity contribution is 5.75. The molecule has 140 valence electrons. The molecule has 0 bridgehead atoms. The van der Waals surface area contributed by atoms with Crippen LogP contribution in [0.3, 0.4) is 0 Å². The van der Waals surface area contributed by atoms with Crippen molar-refractivity contribution in [3.63, 3.8) is 0 Å². The van der Waals surface area contributed by atoms with E-state index in [4.69, 9.17) is 0 Å². The lowest BCUT2D eigenvalue weighted by Crippen LogP contribution is -2.30. The predicted octanol–water partition coefficient (Wildman–Crippen LogP) is 3.18. The Morgan fingerprint density at radius 2 is 1.85 bits per heavy atom. The van der Waals surface area contributed by atoms with E-state index < -0.39 is 0 Å². The van der Waals surface area contributed by atoms with E-state index in [1.54, 1.807) is 11.9 Å². The Morgan fingerprint density at radius 3 is 2.52 bits per heavy atom. The van der Waals surface area contributed by atoms with Crippen LogP contribution in [-0.4, -0.2) is 38.1 Å². The lowest BCUT2D eigenvalue weighted by Gasteiger charge is -2.18. The predicted molar refractivity (Wildman–Crippen MR) is 105 cm³/mol. The first-order chi connectivity index (χ1) is 13.0. The summed E-state index contributed by atoms with van der Waals surface area (Å²) in [7, 11) is 1.79. The van der Waals surface area contributed by atoms with Gasteiger partial charge in [0.15, 0.2) is 0 Å². The molecule has 0 saturated carbocycles. The van der Waals surface area contributed by atoms with Crippen LogP contribution in [0.5, 0.6) is 0 Å². The summed E-state index contributed by atoms with van der Waals surface area (Å²) >= 11 is 0. The van der Waals surface area contributed by atoms with Gasteiger partial charge < -0.3 is 4.90 Å². The largest absolute Gasteiger partial charge is 0.340 e.